The van der Waals surface area contributed by atoms with E-state index in [1.165, 1.54) is 0 Å². The summed E-state index contributed by atoms with van der Waals surface area (Å²) in [7, 11) is 0. The van der Waals surface area contributed by atoms with E-state index in [1.807, 2.05) is 54.6 Å². The van der Waals surface area contributed by atoms with Crippen molar-refractivity contribution in [2.75, 3.05) is 10.6 Å². The van der Waals surface area contributed by atoms with E-state index in [1.54, 1.807) is 0 Å². The van der Waals surface area contributed by atoms with Crippen molar-refractivity contribution in [1.29, 1.82) is 0 Å². The zero-order chi connectivity index (χ0) is 12.1. The molecule has 0 radical (unpaired) electrons. The van der Waals surface area contributed by atoms with Gasteiger partial charge in [0.05, 0.1) is 0 Å². The molecule has 0 atom stereocenters. The summed E-state index contributed by atoms with van der Waals surface area (Å²) in [6.07, 6.45) is 0. The molecule has 0 saturated heterocycles. The first-order valence-electron chi connectivity index (χ1n) is 5.22. The number of thiocarbonyl (C=S) groups is 1. The summed E-state index contributed by atoms with van der Waals surface area (Å²) in [5.41, 5.74) is 8.35. The van der Waals surface area contributed by atoms with Crippen molar-refractivity contribution in [3.63, 3.8) is 0 Å². The molecule has 86 valence electrons. The Morgan fingerprint density at radius 1 is 0.824 bits per heavy atom. The maximum atomic E-state index is 5.39. The van der Waals surface area contributed by atoms with Gasteiger partial charge < -0.3 is 16.4 Å². The minimum atomic E-state index is 0.272. The van der Waals surface area contributed by atoms with Crippen LogP contribution in [0.5, 0.6) is 0 Å². The minimum absolute atomic E-state index is 0.272. The van der Waals surface area contributed by atoms with Crippen molar-refractivity contribution in [2.24, 2.45) is 5.73 Å². The van der Waals surface area contributed by atoms with Gasteiger partial charge in [-0.3, -0.25) is 0 Å². The van der Waals surface area contributed by atoms with Crippen molar-refractivity contribution in [3.05, 3.63) is 54.6 Å². The molecule has 0 aliphatic carbocycles. The third-order valence-corrected chi connectivity index (χ3v) is 2.32. The van der Waals surface area contributed by atoms with Crippen molar-refractivity contribution in [1.82, 2.24) is 0 Å². The molecule has 0 spiro atoms. The molecule has 0 fully saturated rings. The highest BCUT2D eigenvalue weighted by atomic mass is 32.1. The second kappa shape index (κ2) is 5.32. The third-order valence-electron chi connectivity index (χ3n) is 2.21. The largest absolute Gasteiger partial charge is 0.376 e. The fourth-order valence-electron chi connectivity index (χ4n) is 1.47. The summed E-state index contributed by atoms with van der Waals surface area (Å²) in [6.45, 7) is 0. The topological polar surface area (TPSA) is 50.1 Å². The molecular formula is C13H13N3S. The Labute approximate surface area is 106 Å². The van der Waals surface area contributed by atoms with Gasteiger partial charge in [0, 0.05) is 17.1 Å². The summed E-state index contributed by atoms with van der Waals surface area (Å²) in [6, 6.07) is 17.8. The zero-order valence-corrected chi connectivity index (χ0v) is 10.00. The van der Waals surface area contributed by atoms with Crippen LogP contribution < -0.4 is 16.4 Å². The minimum Gasteiger partial charge on any atom is -0.376 e. The van der Waals surface area contributed by atoms with E-state index in [4.69, 9.17) is 18.0 Å². The number of anilines is 3. The fourth-order valence-corrected chi connectivity index (χ4v) is 1.59. The molecule has 0 bridgehead atoms. The molecule has 2 aromatic carbocycles. The lowest BCUT2D eigenvalue weighted by Gasteiger charge is -2.08. The standard InChI is InChI=1S/C13H13N3S/c14-13(17)16-12-8-6-11(7-9-12)15-10-4-2-1-3-5-10/h1-9,15H,(H3,14,16,17). The monoisotopic (exact) mass is 243 g/mol. The molecule has 0 aliphatic heterocycles. The molecule has 3 nitrogen and oxygen atoms in total. The maximum absolute atomic E-state index is 5.39. The van der Waals surface area contributed by atoms with Crippen molar-refractivity contribution < 1.29 is 0 Å². The predicted molar refractivity (Wildman–Crippen MR) is 76.6 cm³/mol. The van der Waals surface area contributed by atoms with Gasteiger partial charge >= 0.3 is 0 Å². The molecule has 0 aliphatic rings. The number of rotatable bonds is 3. The van der Waals surface area contributed by atoms with Gasteiger partial charge in [-0.15, -0.1) is 0 Å². The molecule has 2 rings (SSSR count). The van der Waals surface area contributed by atoms with Crippen molar-refractivity contribution in [3.8, 4) is 0 Å². The van der Waals surface area contributed by atoms with Crippen LogP contribution in [0.25, 0.3) is 0 Å². The second-order valence-electron chi connectivity index (χ2n) is 3.56. The van der Waals surface area contributed by atoms with Gasteiger partial charge in [0.1, 0.15) is 0 Å². The van der Waals surface area contributed by atoms with E-state index in [0.717, 1.165) is 17.1 Å². The number of hydrogen-bond donors (Lipinski definition) is 3. The summed E-state index contributed by atoms with van der Waals surface area (Å²) >= 11 is 4.77. The fraction of sp³-hybridized carbons (Fsp3) is 0. The van der Waals surface area contributed by atoms with Gasteiger partial charge in [0.15, 0.2) is 5.11 Å². The Morgan fingerprint density at radius 2 is 1.35 bits per heavy atom. The van der Waals surface area contributed by atoms with Crippen LogP contribution in [0.2, 0.25) is 0 Å². The Hall–Kier alpha value is -2.07. The quantitative estimate of drug-likeness (QED) is 0.725. The van der Waals surface area contributed by atoms with Crippen LogP contribution in [0.4, 0.5) is 17.1 Å². The molecular weight excluding hydrogens is 230 g/mol. The molecule has 17 heavy (non-hydrogen) atoms. The summed E-state index contributed by atoms with van der Waals surface area (Å²) in [5.74, 6) is 0. The van der Waals surface area contributed by atoms with Crippen molar-refractivity contribution in [2.45, 2.75) is 0 Å². The first-order valence-corrected chi connectivity index (χ1v) is 5.63. The Balaban J connectivity index is 2.06. The number of para-hydroxylation sites is 1. The zero-order valence-electron chi connectivity index (χ0n) is 9.18. The molecule has 0 amide bonds. The van der Waals surface area contributed by atoms with Crippen LogP contribution in [-0.4, -0.2) is 5.11 Å². The smallest absolute Gasteiger partial charge is 0.168 e. The Kier molecular flexibility index (Phi) is 3.57. The second-order valence-corrected chi connectivity index (χ2v) is 4.00. The van der Waals surface area contributed by atoms with E-state index < -0.39 is 0 Å². The summed E-state index contributed by atoms with van der Waals surface area (Å²) < 4.78 is 0. The van der Waals surface area contributed by atoms with E-state index in [9.17, 15) is 0 Å². The SMILES string of the molecule is NC(=S)Nc1ccc(Nc2ccccc2)cc1. The lowest BCUT2D eigenvalue weighted by molar-refractivity contribution is 1.54. The molecule has 4 heteroatoms. The lowest BCUT2D eigenvalue weighted by atomic mass is 10.2. The average Bonchev–Trinajstić information content (AvgIpc) is 2.32. The number of benzene rings is 2. The lowest BCUT2D eigenvalue weighted by Crippen LogP contribution is -2.18. The average molecular weight is 243 g/mol. The third kappa shape index (κ3) is 3.46. The molecule has 4 N–H and O–H groups in total. The maximum Gasteiger partial charge on any atom is 0.168 e. The summed E-state index contributed by atoms with van der Waals surface area (Å²) in [4.78, 5) is 0. The highest BCUT2D eigenvalue weighted by molar-refractivity contribution is 7.80. The van der Waals surface area contributed by atoms with Crippen molar-refractivity contribution >= 4 is 34.4 Å². The first kappa shape index (κ1) is 11.4. The Bertz CT molecular complexity index is 494. The van der Waals surface area contributed by atoms with Gasteiger partial charge in [-0.2, -0.15) is 0 Å². The van der Waals surface area contributed by atoms with Crippen LogP contribution in [0.15, 0.2) is 54.6 Å². The van der Waals surface area contributed by atoms with Gasteiger partial charge in [-0.25, -0.2) is 0 Å². The summed E-state index contributed by atoms with van der Waals surface area (Å²) in [5, 5.41) is 6.44. The van der Waals surface area contributed by atoms with Crippen LogP contribution in [-0.2, 0) is 0 Å². The van der Waals surface area contributed by atoms with Gasteiger partial charge in [0.25, 0.3) is 0 Å². The highest BCUT2D eigenvalue weighted by Gasteiger charge is 1.95. The molecule has 0 unspecified atom stereocenters. The molecule has 0 heterocycles. The van der Waals surface area contributed by atoms with Crippen LogP contribution >= 0.6 is 12.2 Å². The van der Waals surface area contributed by atoms with E-state index in [-0.39, 0.29) is 5.11 Å². The van der Waals surface area contributed by atoms with E-state index in [2.05, 4.69) is 10.6 Å². The van der Waals surface area contributed by atoms with E-state index >= 15 is 0 Å². The van der Waals surface area contributed by atoms with Crippen LogP contribution in [0.3, 0.4) is 0 Å². The van der Waals surface area contributed by atoms with E-state index in [0.29, 0.717) is 0 Å². The molecule has 0 aromatic heterocycles. The number of hydrogen-bond acceptors (Lipinski definition) is 2. The number of nitrogens with two attached hydrogens (primary N) is 1. The van der Waals surface area contributed by atoms with Gasteiger partial charge in [0.2, 0.25) is 0 Å². The van der Waals surface area contributed by atoms with Crippen LogP contribution in [0, 0.1) is 0 Å². The highest BCUT2D eigenvalue weighted by Crippen LogP contribution is 2.18. The molecule has 2 aromatic rings. The Morgan fingerprint density at radius 3 is 1.94 bits per heavy atom. The number of nitrogens with one attached hydrogen (secondary N) is 2. The normalized spacial score (nSPS) is 9.65. The van der Waals surface area contributed by atoms with Crippen LogP contribution in [0.1, 0.15) is 0 Å². The predicted octanol–water partition coefficient (Wildman–Crippen LogP) is 3.09. The molecule has 0 saturated carbocycles. The first-order chi connectivity index (χ1) is 8.24. The van der Waals surface area contributed by atoms with Gasteiger partial charge in [-0.05, 0) is 48.6 Å². The van der Waals surface area contributed by atoms with Gasteiger partial charge in [-0.1, -0.05) is 18.2 Å².